The summed E-state index contributed by atoms with van der Waals surface area (Å²) >= 11 is 0. The zero-order valence-electron chi connectivity index (χ0n) is 15.3. The SMILES string of the molecule is CC(C)n1cc(CN2CCC(c3cccc(CN[SH](=O)=O)c3)CC2)nn1. The third-order valence-electron chi connectivity index (χ3n) is 4.89. The first kappa shape index (κ1) is 19.0. The van der Waals surface area contributed by atoms with Gasteiger partial charge in [0.25, 0.3) is 0 Å². The summed E-state index contributed by atoms with van der Waals surface area (Å²) in [5.41, 5.74) is 3.34. The number of benzene rings is 1. The number of piperidine rings is 1. The van der Waals surface area contributed by atoms with Gasteiger partial charge in [-0.15, -0.1) is 5.10 Å². The fourth-order valence-electron chi connectivity index (χ4n) is 3.40. The van der Waals surface area contributed by atoms with Gasteiger partial charge in [-0.1, -0.05) is 29.5 Å². The Hall–Kier alpha value is -1.77. The number of nitrogens with one attached hydrogen (secondary N) is 1. The van der Waals surface area contributed by atoms with Crippen molar-refractivity contribution in [3.63, 3.8) is 0 Å². The predicted octanol–water partition coefficient (Wildman–Crippen LogP) is 1.85. The van der Waals surface area contributed by atoms with Crippen molar-refractivity contribution in [1.29, 1.82) is 0 Å². The third kappa shape index (κ3) is 5.12. The van der Waals surface area contributed by atoms with Crippen LogP contribution in [-0.4, -0.2) is 41.4 Å². The zero-order chi connectivity index (χ0) is 18.5. The molecule has 0 atom stereocenters. The van der Waals surface area contributed by atoms with E-state index in [9.17, 15) is 8.42 Å². The van der Waals surface area contributed by atoms with Gasteiger partial charge in [-0.3, -0.25) is 4.90 Å². The van der Waals surface area contributed by atoms with Crippen molar-refractivity contribution in [3.05, 3.63) is 47.3 Å². The van der Waals surface area contributed by atoms with Crippen molar-refractivity contribution >= 4 is 10.9 Å². The minimum Gasteiger partial charge on any atom is -0.297 e. The molecule has 0 spiro atoms. The van der Waals surface area contributed by atoms with Crippen LogP contribution in [0.25, 0.3) is 0 Å². The molecule has 0 amide bonds. The maximum atomic E-state index is 10.7. The fourth-order valence-corrected chi connectivity index (χ4v) is 3.72. The number of likely N-dealkylation sites (tertiary alicyclic amines) is 1. The number of nitrogens with zero attached hydrogens (tertiary/aromatic N) is 4. The molecule has 1 aliphatic heterocycles. The van der Waals surface area contributed by atoms with Gasteiger partial charge in [0, 0.05) is 19.1 Å². The third-order valence-corrected chi connectivity index (χ3v) is 5.31. The van der Waals surface area contributed by atoms with Crippen molar-refractivity contribution in [2.75, 3.05) is 13.1 Å². The van der Waals surface area contributed by atoms with E-state index in [2.05, 4.69) is 45.9 Å². The fraction of sp³-hybridized carbons (Fsp3) is 0.556. The highest BCUT2D eigenvalue weighted by atomic mass is 32.2. The Labute approximate surface area is 156 Å². The molecule has 0 radical (unpaired) electrons. The molecule has 3 rings (SSSR count). The molecule has 1 N–H and O–H groups in total. The molecular weight excluding hydrogens is 350 g/mol. The van der Waals surface area contributed by atoms with Crippen LogP contribution in [0.4, 0.5) is 0 Å². The molecule has 0 saturated carbocycles. The van der Waals surface area contributed by atoms with Crippen LogP contribution in [-0.2, 0) is 24.0 Å². The Bertz CT molecular complexity index is 786. The molecule has 0 bridgehead atoms. The van der Waals surface area contributed by atoms with Gasteiger partial charge in [0.1, 0.15) is 0 Å². The van der Waals surface area contributed by atoms with Crippen LogP contribution in [0.5, 0.6) is 0 Å². The van der Waals surface area contributed by atoms with Gasteiger partial charge in [0.05, 0.1) is 11.9 Å². The van der Waals surface area contributed by atoms with Crippen LogP contribution < -0.4 is 4.72 Å². The lowest BCUT2D eigenvalue weighted by Gasteiger charge is -2.31. The topological polar surface area (TPSA) is 80.1 Å². The quantitative estimate of drug-likeness (QED) is 0.720. The van der Waals surface area contributed by atoms with E-state index in [1.54, 1.807) is 0 Å². The van der Waals surface area contributed by atoms with Gasteiger partial charge in [-0.2, -0.15) is 0 Å². The summed E-state index contributed by atoms with van der Waals surface area (Å²) in [6.45, 7) is 7.48. The van der Waals surface area contributed by atoms with Crippen LogP contribution in [0.2, 0.25) is 0 Å². The van der Waals surface area contributed by atoms with E-state index in [0.29, 0.717) is 18.5 Å². The van der Waals surface area contributed by atoms with Crippen molar-refractivity contribution in [2.24, 2.45) is 0 Å². The average molecular weight is 378 g/mol. The number of hydrogen-bond donors (Lipinski definition) is 2. The Kier molecular flexibility index (Phi) is 6.39. The van der Waals surface area contributed by atoms with Gasteiger partial charge < -0.3 is 0 Å². The Morgan fingerprint density at radius 1 is 1.27 bits per heavy atom. The molecule has 142 valence electrons. The highest BCUT2D eigenvalue weighted by Crippen LogP contribution is 2.29. The first-order valence-corrected chi connectivity index (χ1v) is 10.3. The Morgan fingerprint density at radius 2 is 2.04 bits per heavy atom. The molecule has 8 heteroatoms. The second-order valence-corrected chi connectivity index (χ2v) is 8.00. The van der Waals surface area contributed by atoms with Crippen LogP contribution in [0.1, 0.15) is 55.5 Å². The van der Waals surface area contributed by atoms with Gasteiger partial charge >= 0.3 is 0 Å². The highest BCUT2D eigenvalue weighted by Gasteiger charge is 2.21. The molecule has 26 heavy (non-hydrogen) atoms. The summed E-state index contributed by atoms with van der Waals surface area (Å²) in [7, 11) is -2.55. The number of hydrogen-bond acceptors (Lipinski definition) is 5. The maximum absolute atomic E-state index is 10.7. The van der Waals surface area contributed by atoms with Crippen molar-refractivity contribution in [1.82, 2.24) is 24.6 Å². The molecule has 1 aromatic heterocycles. The first-order chi connectivity index (χ1) is 12.5. The van der Waals surface area contributed by atoms with Crippen LogP contribution in [0.3, 0.4) is 0 Å². The summed E-state index contributed by atoms with van der Waals surface area (Å²) in [4.78, 5) is 2.43. The van der Waals surface area contributed by atoms with Crippen molar-refractivity contribution in [3.8, 4) is 0 Å². The van der Waals surface area contributed by atoms with Gasteiger partial charge in [0.2, 0.25) is 10.9 Å². The number of rotatable bonds is 7. The van der Waals surface area contributed by atoms with Gasteiger partial charge in [0.15, 0.2) is 0 Å². The lowest BCUT2D eigenvalue weighted by Crippen LogP contribution is -2.32. The second kappa shape index (κ2) is 8.75. The lowest BCUT2D eigenvalue weighted by atomic mass is 9.88. The van der Waals surface area contributed by atoms with E-state index in [0.717, 1.165) is 43.7 Å². The smallest absolute Gasteiger partial charge is 0.201 e. The van der Waals surface area contributed by atoms with E-state index in [4.69, 9.17) is 0 Å². The van der Waals surface area contributed by atoms with E-state index in [1.807, 2.05) is 23.0 Å². The van der Waals surface area contributed by atoms with E-state index >= 15 is 0 Å². The van der Waals surface area contributed by atoms with Crippen molar-refractivity contribution < 1.29 is 8.42 Å². The average Bonchev–Trinajstić information content (AvgIpc) is 3.10. The van der Waals surface area contributed by atoms with E-state index < -0.39 is 10.9 Å². The predicted molar refractivity (Wildman–Crippen MR) is 101 cm³/mol. The van der Waals surface area contributed by atoms with E-state index in [1.165, 1.54) is 5.56 Å². The molecule has 0 aliphatic carbocycles. The van der Waals surface area contributed by atoms with Crippen LogP contribution >= 0.6 is 0 Å². The highest BCUT2D eigenvalue weighted by molar-refractivity contribution is 7.70. The minimum atomic E-state index is -2.55. The number of aromatic nitrogens is 3. The van der Waals surface area contributed by atoms with Crippen LogP contribution in [0, 0.1) is 0 Å². The normalized spacial score (nSPS) is 16.6. The summed E-state index contributed by atoms with van der Waals surface area (Å²) in [6.07, 6.45) is 4.24. The summed E-state index contributed by atoms with van der Waals surface area (Å²) in [5.74, 6) is 0.526. The summed E-state index contributed by atoms with van der Waals surface area (Å²) < 4.78 is 25.8. The van der Waals surface area contributed by atoms with Gasteiger partial charge in [-0.05, 0) is 56.8 Å². The minimum absolute atomic E-state index is 0.337. The molecule has 7 nitrogen and oxygen atoms in total. The van der Waals surface area contributed by atoms with Gasteiger partial charge in [-0.25, -0.2) is 17.8 Å². The Balaban J connectivity index is 1.53. The van der Waals surface area contributed by atoms with E-state index in [-0.39, 0.29) is 0 Å². The molecular formula is C18H27N5O2S. The standard InChI is InChI=1S/C18H27N5O2S/c1-14(2)23-13-18(20-21-23)12-22-8-6-16(7-9-22)17-5-3-4-15(10-17)11-19-26(24)25/h3-5,10,13-14,16,26H,6-9,11-12H2,1-2H3,(H,19,24,25). The molecule has 1 aliphatic rings. The van der Waals surface area contributed by atoms with Crippen molar-refractivity contribution in [2.45, 2.75) is 51.7 Å². The molecule has 1 aromatic carbocycles. The molecule has 2 heterocycles. The monoisotopic (exact) mass is 377 g/mol. The number of thiol groups is 1. The largest absolute Gasteiger partial charge is 0.297 e. The second-order valence-electron chi connectivity index (χ2n) is 7.17. The lowest BCUT2D eigenvalue weighted by molar-refractivity contribution is 0.202. The molecule has 1 fully saturated rings. The summed E-state index contributed by atoms with van der Waals surface area (Å²) in [6, 6.07) is 8.59. The molecule has 0 unspecified atom stereocenters. The molecule has 1 saturated heterocycles. The zero-order valence-corrected chi connectivity index (χ0v) is 16.2. The van der Waals surface area contributed by atoms with Crippen LogP contribution in [0.15, 0.2) is 30.5 Å². The summed E-state index contributed by atoms with van der Waals surface area (Å²) in [5, 5.41) is 8.44. The first-order valence-electron chi connectivity index (χ1n) is 9.11. The molecule has 2 aromatic rings. The Morgan fingerprint density at radius 3 is 2.69 bits per heavy atom. The maximum Gasteiger partial charge on any atom is 0.201 e.